The zero-order chi connectivity index (χ0) is 17.7. The fourth-order valence-electron chi connectivity index (χ4n) is 2.74. The molecular weight excluding hydrogens is 300 g/mol. The second-order valence-electron chi connectivity index (χ2n) is 7.35. The molecule has 0 radical (unpaired) electrons. The Bertz CT molecular complexity index is 587. The van der Waals surface area contributed by atoms with Gasteiger partial charge in [0.15, 0.2) is 0 Å². The quantitative estimate of drug-likeness (QED) is 0.380. The van der Waals surface area contributed by atoms with Crippen LogP contribution in [0.15, 0.2) is 24.3 Å². The Morgan fingerprint density at radius 1 is 1.17 bits per heavy atom. The summed E-state index contributed by atoms with van der Waals surface area (Å²) in [4.78, 5) is 4.69. The van der Waals surface area contributed by atoms with E-state index in [-0.39, 0.29) is 5.54 Å². The van der Waals surface area contributed by atoms with Crippen LogP contribution in [0.2, 0.25) is 0 Å². The van der Waals surface area contributed by atoms with Crippen LogP contribution >= 0.6 is 0 Å². The molecule has 24 heavy (non-hydrogen) atoms. The maximum Gasteiger partial charge on any atom is 0.125 e. The van der Waals surface area contributed by atoms with Crippen molar-refractivity contribution in [2.45, 2.75) is 32.9 Å². The van der Waals surface area contributed by atoms with Crippen molar-refractivity contribution in [1.29, 1.82) is 10.7 Å². The summed E-state index contributed by atoms with van der Waals surface area (Å²) >= 11 is 0. The van der Waals surface area contributed by atoms with Gasteiger partial charge in [0, 0.05) is 38.3 Å². The second-order valence-corrected chi connectivity index (χ2v) is 7.35. The van der Waals surface area contributed by atoms with Crippen molar-refractivity contribution in [2.75, 3.05) is 32.7 Å². The molecule has 1 saturated heterocycles. The van der Waals surface area contributed by atoms with Gasteiger partial charge in [0.2, 0.25) is 0 Å². The number of nitrogens with zero attached hydrogens (tertiary/aromatic N) is 4. The molecular formula is C18H28N6. The Morgan fingerprint density at radius 2 is 1.71 bits per heavy atom. The summed E-state index contributed by atoms with van der Waals surface area (Å²) in [6.07, 6.45) is 0. The fourth-order valence-corrected chi connectivity index (χ4v) is 2.74. The van der Waals surface area contributed by atoms with Crippen molar-refractivity contribution in [3.63, 3.8) is 0 Å². The number of nitrogens with one attached hydrogen (secondary N) is 1. The van der Waals surface area contributed by atoms with E-state index in [2.05, 4.69) is 15.9 Å². The average Bonchev–Trinajstić information content (AvgIpc) is 2.55. The first kappa shape index (κ1) is 18.4. The lowest BCUT2D eigenvalue weighted by Gasteiger charge is -2.38. The molecule has 0 amide bonds. The van der Waals surface area contributed by atoms with E-state index in [9.17, 15) is 0 Å². The molecule has 0 aromatic heterocycles. The van der Waals surface area contributed by atoms with E-state index in [0.29, 0.717) is 17.9 Å². The van der Waals surface area contributed by atoms with E-state index in [1.54, 1.807) is 5.01 Å². The van der Waals surface area contributed by atoms with Crippen LogP contribution in [0.25, 0.3) is 0 Å². The monoisotopic (exact) mass is 328 g/mol. The molecule has 130 valence electrons. The smallest absolute Gasteiger partial charge is 0.125 e. The maximum atomic E-state index is 8.84. The van der Waals surface area contributed by atoms with Crippen LogP contribution in [0.1, 0.15) is 31.9 Å². The first-order chi connectivity index (χ1) is 11.3. The van der Waals surface area contributed by atoms with E-state index >= 15 is 0 Å². The van der Waals surface area contributed by atoms with Crippen LogP contribution in [0.4, 0.5) is 0 Å². The molecule has 0 atom stereocenters. The molecule has 1 aliphatic rings. The van der Waals surface area contributed by atoms with Crippen molar-refractivity contribution in [2.24, 2.45) is 5.84 Å². The number of hydrogen-bond donors (Lipinski definition) is 2. The van der Waals surface area contributed by atoms with Gasteiger partial charge in [-0.3, -0.25) is 20.2 Å². The number of hydrazine groups is 1. The van der Waals surface area contributed by atoms with E-state index in [0.717, 1.165) is 32.7 Å². The lowest BCUT2D eigenvalue weighted by atomic mass is 10.1. The molecule has 0 aliphatic carbocycles. The average molecular weight is 328 g/mol. The number of rotatable bonds is 4. The summed E-state index contributed by atoms with van der Waals surface area (Å²) in [7, 11) is 0. The van der Waals surface area contributed by atoms with E-state index in [1.165, 1.54) is 5.56 Å². The van der Waals surface area contributed by atoms with Gasteiger partial charge in [-0.1, -0.05) is 12.1 Å². The van der Waals surface area contributed by atoms with Crippen LogP contribution < -0.4 is 5.84 Å². The predicted octanol–water partition coefficient (Wildman–Crippen LogP) is 1.63. The predicted molar refractivity (Wildman–Crippen MR) is 96.4 cm³/mol. The van der Waals surface area contributed by atoms with Crippen LogP contribution in [-0.2, 0) is 6.54 Å². The fraction of sp³-hybridized carbons (Fsp3) is 0.556. The summed E-state index contributed by atoms with van der Waals surface area (Å²) in [5.74, 6) is 6.47. The van der Waals surface area contributed by atoms with Crippen LogP contribution in [0, 0.1) is 16.7 Å². The first-order valence-corrected chi connectivity index (χ1v) is 8.35. The molecule has 6 nitrogen and oxygen atoms in total. The number of hydrogen-bond acceptors (Lipinski definition) is 5. The highest BCUT2D eigenvalue weighted by atomic mass is 15.5. The summed E-state index contributed by atoms with van der Waals surface area (Å²) in [6, 6.07) is 9.94. The van der Waals surface area contributed by atoms with Gasteiger partial charge in [-0.25, -0.2) is 5.84 Å². The molecule has 1 fully saturated rings. The minimum atomic E-state index is -0.228. The number of piperazine rings is 1. The molecule has 1 aliphatic heterocycles. The third-order valence-electron chi connectivity index (χ3n) is 4.34. The molecule has 1 aromatic rings. The number of nitrogens with two attached hydrogens (primary N) is 1. The minimum absolute atomic E-state index is 0.228. The van der Waals surface area contributed by atoms with E-state index < -0.39 is 0 Å². The summed E-state index contributed by atoms with van der Waals surface area (Å²) in [5.41, 5.74) is 1.71. The van der Waals surface area contributed by atoms with Crippen LogP contribution in [0.5, 0.6) is 0 Å². The molecule has 2 rings (SSSR count). The molecule has 3 N–H and O–H groups in total. The Labute approximate surface area is 144 Å². The van der Waals surface area contributed by atoms with Gasteiger partial charge in [-0.2, -0.15) is 5.26 Å². The lowest BCUT2D eigenvalue weighted by Crippen LogP contribution is -2.55. The zero-order valence-corrected chi connectivity index (χ0v) is 14.9. The van der Waals surface area contributed by atoms with Gasteiger partial charge < -0.3 is 0 Å². The molecule has 1 heterocycles. The minimum Gasteiger partial charge on any atom is -0.297 e. The highest BCUT2D eigenvalue weighted by molar-refractivity contribution is 5.81. The third-order valence-corrected chi connectivity index (χ3v) is 4.34. The Hall–Kier alpha value is -1.94. The van der Waals surface area contributed by atoms with E-state index in [1.807, 2.05) is 45.0 Å². The molecule has 0 spiro atoms. The topological polar surface area (TPSA) is 83.4 Å². The van der Waals surface area contributed by atoms with Gasteiger partial charge in [0.05, 0.1) is 18.2 Å². The Balaban J connectivity index is 1.79. The zero-order valence-electron chi connectivity index (χ0n) is 14.9. The van der Waals surface area contributed by atoms with Gasteiger partial charge in [0.25, 0.3) is 0 Å². The molecule has 0 unspecified atom stereocenters. The third kappa shape index (κ3) is 5.03. The van der Waals surface area contributed by atoms with Crippen molar-refractivity contribution in [3.05, 3.63) is 35.4 Å². The molecule has 0 saturated carbocycles. The standard InChI is InChI=1S/C18H28N6/c1-18(2,3)24(21)17(20)14-23-10-8-22(9-11-23)13-16-6-4-15(12-19)5-7-16/h4-7,20H,8-11,13-14,21H2,1-3H3. The van der Waals surface area contributed by atoms with Crippen molar-refractivity contribution < 1.29 is 0 Å². The summed E-state index contributed by atoms with van der Waals surface area (Å²) in [5, 5.41) is 18.6. The van der Waals surface area contributed by atoms with Gasteiger partial charge in [-0.15, -0.1) is 0 Å². The first-order valence-electron chi connectivity index (χ1n) is 8.35. The van der Waals surface area contributed by atoms with Crippen molar-refractivity contribution in [1.82, 2.24) is 14.8 Å². The number of nitriles is 1. The molecule has 0 bridgehead atoms. The Morgan fingerprint density at radius 3 is 2.21 bits per heavy atom. The van der Waals surface area contributed by atoms with Crippen LogP contribution in [-0.4, -0.2) is 58.9 Å². The summed E-state index contributed by atoms with van der Waals surface area (Å²) < 4.78 is 0. The van der Waals surface area contributed by atoms with Crippen molar-refractivity contribution in [3.8, 4) is 6.07 Å². The van der Waals surface area contributed by atoms with E-state index in [4.69, 9.17) is 16.5 Å². The highest BCUT2D eigenvalue weighted by Crippen LogP contribution is 2.12. The SMILES string of the molecule is CC(C)(C)N(N)C(=N)CN1CCN(Cc2ccc(C#N)cc2)CC1. The van der Waals surface area contributed by atoms with Crippen LogP contribution in [0.3, 0.4) is 0 Å². The summed E-state index contributed by atoms with van der Waals surface area (Å²) in [6.45, 7) is 11.4. The molecule has 6 heteroatoms. The number of benzene rings is 1. The van der Waals surface area contributed by atoms with Gasteiger partial charge in [0.1, 0.15) is 5.84 Å². The normalized spacial score (nSPS) is 16.6. The van der Waals surface area contributed by atoms with Gasteiger partial charge >= 0.3 is 0 Å². The maximum absolute atomic E-state index is 8.84. The van der Waals surface area contributed by atoms with Crippen molar-refractivity contribution >= 4 is 5.84 Å². The number of amidine groups is 1. The largest absolute Gasteiger partial charge is 0.297 e. The van der Waals surface area contributed by atoms with Gasteiger partial charge in [-0.05, 0) is 38.5 Å². The lowest BCUT2D eigenvalue weighted by molar-refractivity contribution is 0.133. The second kappa shape index (κ2) is 7.75. The Kier molecular flexibility index (Phi) is 5.94. The molecule has 1 aromatic carbocycles. The highest BCUT2D eigenvalue weighted by Gasteiger charge is 2.24.